The van der Waals surface area contributed by atoms with Crippen LogP contribution in [0.4, 0.5) is 5.69 Å². The number of nitro groups is 1. The maximum Gasteiger partial charge on any atom is 0.277 e. The zero-order valence-electron chi connectivity index (χ0n) is 6.08. The highest BCUT2D eigenvalue weighted by Crippen LogP contribution is 2.21. The molecule has 0 N–H and O–H groups in total. The summed E-state index contributed by atoms with van der Waals surface area (Å²) in [5.74, 6) is 0. The van der Waals surface area contributed by atoms with E-state index in [9.17, 15) is 10.1 Å². The molecule has 1 rings (SSSR count). The van der Waals surface area contributed by atoms with E-state index in [-0.39, 0.29) is 5.69 Å². The van der Waals surface area contributed by atoms with Gasteiger partial charge in [-0.2, -0.15) is 0 Å². The molecule has 0 fully saturated rings. The summed E-state index contributed by atoms with van der Waals surface area (Å²) < 4.78 is 0. The Morgan fingerprint density at radius 1 is 1.58 bits per heavy atom. The van der Waals surface area contributed by atoms with Crippen LogP contribution in [0.3, 0.4) is 0 Å². The standard InChI is InChI=1S/C8H5ClNO2/c1-2-6-5-7(9)3-4-8(6)10(11)12/h3-5H,1H2. The molecule has 0 spiro atoms. The van der Waals surface area contributed by atoms with Crippen molar-refractivity contribution in [2.45, 2.75) is 0 Å². The molecule has 0 aliphatic heterocycles. The van der Waals surface area contributed by atoms with Crippen molar-refractivity contribution in [1.29, 1.82) is 0 Å². The predicted molar refractivity (Wildman–Crippen MR) is 46.1 cm³/mol. The third-order valence-electron chi connectivity index (χ3n) is 1.35. The lowest BCUT2D eigenvalue weighted by atomic mass is 10.2. The second-order valence-electron chi connectivity index (χ2n) is 2.10. The molecule has 1 aromatic rings. The van der Waals surface area contributed by atoms with E-state index >= 15 is 0 Å². The van der Waals surface area contributed by atoms with Gasteiger partial charge < -0.3 is 0 Å². The smallest absolute Gasteiger partial charge is 0.258 e. The minimum Gasteiger partial charge on any atom is -0.258 e. The number of hydrogen-bond acceptors (Lipinski definition) is 2. The molecule has 0 aliphatic rings. The number of rotatable bonds is 2. The molecular formula is C8H5ClNO2. The van der Waals surface area contributed by atoms with E-state index in [0.29, 0.717) is 10.6 Å². The SMILES string of the molecule is C=[C]c1cc(Cl)ccc1[N+](=O)[O-]. The lowest BCUT2D eigenvalue weighted by Gasteiger charge is -1.96. The Morgan fingerprint density at radius 2 is 2.25 bits per heavy atom. The van der Waals surface area contributed by atoms with Crippen LogP contribution in [0.15, 0.2) is 24.8 Å². The van der Waals surface area contributed by atoms with Crippen LogP contribution in [0.1, 0.15) is 5.56 Å². The topological polar surface area (TPSA) is 43.1 Å². The summed E-state index contributed by atoms with van der Waals surface area (Å²) in [6.07, 6.45) is 2.44. The van der Waals surface area contributed by atoms with Gasteiger partial charge in [0.25, 0.3) is 5.69 Å². The Hall–Kier alpha value is -1.35. The fourth-order valence-electron chi connectivity index (χ4n) is 0.809. The number of nitrogens with zero attached hydrogens (tertiary/aromatic N) is 1. The first kappa shape index (κ1) is 8.74. The van der Waals surface area contributed by atoms with Crippen LogP contribution >= 0.6 is 11.6 Å². The lowest BCUT2D eigenvalue weighted by molar-refractivity contribution is -0.385. The van der Waals surface area contributed by atoms with E-state index in [2.05, 4.69) is 12.7 Å². The minimum absolute atomic E-state index is 0.0330. The predicted octanol–water partition coefficient (Wildman–Crippen LogP) is 2.59. The van der Waals surface area contributed by atoms with E-state index in [1.165, 1.54) is 18.2 Å². The van der Waals surface area contributed by atoms with Gasteiger partial charge in [-0.15, -0.1) is 0 Å². The molecule has 0 heterocycles. The molecule has 3 nitrogen and oxygen atoms in total. The van der Waals surface area contributed by atoms with Crippen LogP contribution < -0.4 is 0 Å². The van der Waals surface area contributed by atoms with Crippen LogP contribution in [-0.2, 0) is 0 Å². The molecule has 0 amide bonds. The summed E-state index contributed by atoms with van der Waals surface area (Å²) in [7, 11) is 0. The third kappa shape index (κ3) is 1.62. The van der Waals surface area contributed by atoms with Crippen molar-refractivity contribution in [1.82, 2.24) is 0 Å². The molecular weight excluding hydrogens is 178 g/mol. The number of benzene rings is 1. The second kappa shape index (κ2) is 3.36. The third-order valence-corrected chi connectivity index (χ3v) is 1.58. The molecule has 0 bridgehead atoms. The summed E-state index contributed by atoms with van der Waals surface area (Å²) in [4.78, 5) is 9.89. The fraction of sp³-hybridized carbons (Fsp3) is 0. The minimum atomic E-state index is -0.496. The Balaban J connectivity index is 3.29. The van der Waals surface area contributed by atoms with Crippen molar-refractivity contribution >= 4 is 17.3 Å². The van der Waals surface area contributed by atoms with E-state index in [0.717, 1.165) is 0 Å². The molecule has 1 aromatic carbocycles. The molecule has 61 valence electrons. The Morgan fingerprint density at radius 3 is 2.75 bits per heavy atom. The first-order valence-electron chi connectivity index (χ1n) is 3.12. The summed E-state index contributed by atoms with van der Waals surface area (Å²) >= 11 is 5.61. The summed E-state index contributed by atoms with van der Waals surface area (Å²) in [6, 6.07) is 4.24. The van der Waals surface area contributed by atoms with Crippen molar-refractivity contribution in [3.63, 3.8) is 0 Å². The van der Waals surface area contributed by atoms with Crippen molar-refractivity contribution in [2.24, 2.45) is 0 Å². The second-order valence-corrected chi connectivity index (χ2v) is 2.53. The Bertz CT molecular complexity index is 336. The van der Waals surface area contributed by atoms with Crippen molar-refractivity contribution < 1.29 is 4.92 Å². The number of hydrogen-bond donors (Lipinski definition) is 0. The molecule has 0 saturated carbocycles. The quantitative estimate of drug-likeness (QED) is 0.521. The Kier molecular flexibility index (Phi) is 2.45. The highest BCUT2D eigenvalue weighted by atomic mass is 35.5. The summed E-state index contributed by atoms with van der Waals surface area (Å²) in [5, 5.41) is 10.8. The van der Waals surface area contributed by atoms with E-state index in [1.54, 1.807) is 0 Å². The molecule has 1 radical (unpaired) electrons. The first-order valence-corrected chi connectivity index (χ1v) is 3.50. The van der Waals surface area contributed by atoms with E-state index in [1.807, 2.05) is 0 Å². The number of nitro benzene ring substituents is 1. The highest BCUT2D eigenvalue weighted by Gasteiger charge is 2.10. The fourth-order valence-corrected chi connectivity index (χ4v) is 0.981. The van der Waals surface area contributed by atoms with Crippen LogP contribution in [0.5, 0.6) is 0 Å². The van der Waals surface area contributed by atoms with Gasteiger partial charge in [0.1, 0.15) is 0 Å². The van der Waals surface area contributed by atoms with Gasteiger partial charge in [0.15, 0.2) is 0 Å². The van der Waals surface area contributed by atoms with Gasteiger partial charge in [-0.3, -0.25) is 10.1 Å². The normalized spacial score (nSPS) is 9.42. The maximum absolute atomic E-state index is 10.4. The summed E-state index contributed by atoms with van der Waals surface area (Å²) in [5.41, 5.74) is 0.280. The highest BCUT2D eigenvalue weighted by molar-refractivity contribution is 6.30. The first-order chi connectivity index (χ1) is 5.65. The van der Waals surface area contributed by atoms with Gasteiger partial charge in [0.05, 0.1) is 10.5 Å². The van der Waals surface area contributed by atoms with Crippen LogP contribution in [0.25, 0.3) is 0 Å². The maximum atomic E-state index is 10.4. The van der Waals surface area contributed by atoms with Crippen molar-refractivity contribution in [3.8, 4) is 0 Å². The molecule has 0 aromatic heterocycles. The Labute approximate surface area is 74.4 Å². The van der Waals surface area contributed by atoms with Crippen LogP contribution in [-0.4, -0.2) is 4.92 Å². The van der Waals surface area contributed by atoms with E-state index < -0.39 is 4.92 Å². The zero-order valence-corrected chi connectivity index (χ0v) is 6.84. The molecule has 0 aliphatic carbocycles. The zero-order chi connectivity index (χ0) is 9.14. The number of halogens is 1. The van der Waals surface area contributed by atoms with Gasteiger partial charge >= 0.3 is 0 Å². The lowest BCUT2D eigenvalue weighted by Crippen LogP contribution is -1.91. The molecule has 0 unspecified atom stereocenters. The molecule has 0 atom stereocenters. The largest absolute Gasteiger partial charge is 0.277 e. The monoisotopic (exact) mass is 182 g/mol. The van der Waals surface area contributed by atoms with Gasteiger partial charge in [-0.1, -0.05) is 18.2 Å². The molecule has 0 saturated heterocycles. The van der Waals surface area contributed by atoms with Gasteiger partial charge in [0.2, 0.25) is 0 Å². The molecule has 12 heavy (non-hydrogen) atoms. The average Bonchev–Trinajstić information content (AvgIpc) is 2.03. The van der Waals surface area contributed by atoms with Crippen LogP contribution in [0, 0.1) is 16.2 Å². The summed E-state index contributed by atoms with van der Waals surface area (Å²) in [6.45, 7) is 3.33. The van der Waals surface area contributed by atoms with Crippen LogP contribution in [0.2, 0.25) is 5.02 Å². The van der Waals surface area contributed by atoms with Gasteiger partial charge in [0, 0.05) is 11.1 Å². The average molecular weight is 183 g/mol. The van der Waals surface area contributed by atoms with Crippen molar-refractivity contribution in [2.75, 3.05) is 0 Å². The van der Waals surface area contributed by atoms with Gasteiger partial charge in [-0.25, -0.2) is 0 Å². The van der Waals surface area contributed by atoms with Crippen molar-refractivity contribution in [3.05, 3.63) is 51.6 Å². The van der Waals surface area contributed by atoms with E-state index in [4.69, 9.17) is 11.6 Å². The van der Waals surface area contributed by atoms with Gasteiger partial charge in [-0.05, 0) is 18.2 Å². The molecule has 4 heteroatoms.